The molecule has 0 aliphatic carbocycles. The molecular formula is C13H12BrClN2O. The number of nitrogens with one attached hydrogen (secondary N) is 1. The summed E-state index contributed by atoms with van der Waals surface area (Å²) in [6.45, 7) is 0. The maximum Gasteiger partial charge on any atom is 0.121 e. The highest BCUT2D eigenvalue weighted by atomic mass is 79.9. The van der Waals surface area contributed by atoms with Crippen molar-refractivity contribution in [1.82, 2.24) is 0 Å². The fourth-order valence-corrected chi connectivity index (χ4v) is 2.04. The van der Waals surface area contributed by atoms with Gasteiger partial charge in [-0.15, -0.1) is 0 Å². The normalized spacial score (nSPS) is 10.2. The fraction of sp³-hybridized carbons (Fsp3) is 0.0769. The zero-order valence-electron chi connectivity index (χ0n) is 9.71. The van der Waals surface area contributed by atoms with E-state index in [9.17, 15) is 0 Å². The maximum atomic E-state index is 5.96. The van der Waals surface area contributed by atoms with Crippen LogP contribution in [0.4, 0.5) is 17.1 Å². The third-order valence-corrected chi connectivity index (χ3v) is 3.38. The highest BCUT2D eigenvalue weighted by molar-refractivity contribution is 9.10. The number of halogens is 2. The smallest absolute Gasteiger partial charge is 0.121 e. The van der Waals surface area contributed by atoms with E-state index in [1.165, 1.54) is 0 Å². The second-order valence-corrected chi connectivity index (χ2v) is 4.99. The molecule has 2 aromatic rings. The van der Waals surface area contributed by atoms with Crippen molar-refractivity contribution in [2.45, 2.75) is 0 Å². The van der Waals surface area contributed by atoms with E-state index in [0.717, 1.165) is 21.6 Å². The van der Waals surface area contributed by atoms with Crippen LogP contribution in [0.15, 0.2) is 40.9 Å². The molecule has 0 bridgehead atoms. The van der Waals surface area contributed by atoms with Crippen molar-refractivity contribution in [3.05, 3.63) is 45.9 Å². The van der Waals surface area contributed by atoms with Crippen LogP contribution in [0, 0.1) is 0 Å². The Kier molecular flexibility index (Phi) is 3.99. The van der Waals surface area contributed by atoms with Gasteiger partial charge in [0.25, 0.3) is 0 Å². The number of nitrogens with two attached hydrogens (primary N) is 1. The molecule has 0 saturated carbocycles. The van der Waals surface area contributed by atoms with E-state index in [1.807, 2.05) is 30.3 Å². The lowest BCUT2D eigenvalue weighted by Crippen LogP contribution is -1.97. The first-order chi connectivity index (χ1) is 8.60. The molecule has 18 heavy (non-hydrogen) atoms. The van der Waals surface area contributed by atoms with Crippen molar-refractivity contribution in [1.29, 1.82) is 0 Å². The summed E-state index contributed by atoms with van der Waals surface area (Å²) in [5.41, 5.74) is 8.22. The Bertz CT molecular complexity index is 575. The van der Waals surface area contributed by atoms with Crippen LogP contribution in [-0.4, -0.2) is 7.11 Å². The molecule has 94 valence electrons. The lowest BCUT2D eigenvalue weighted by molar-refractivity contribution is 0.415. The van der Waals surface area contributed by atoms with Crippen molar-refractivity contribution in [2.75, 3.05) is 18.2 Å². The number of ether oxygens (including phenoxy) is 1. The number of benzene rings is 2. The Morgan fingerprint density at radius 2 is 1.94 bits per heavy atom. The van der Waals surface area contributed by atoms with Gasteiger partial charge < -0.3 is 15.8 Å². The fourth-order valence-electron chi connectivity index (χ4n) is 1.52. The number of nitrogen functional groups attached to an aromatic ring is 1. The van der Waals surface area contributed by atoms with Crippen LogP contribution in [0.2, 0.25) is 5.02 Å². The van der Waals surface area contributed by atoms with Crippen LogP contribution in [0.5, 0.6) is 5.75 Å². The van der Waals surface area contributed by atoms with Crippen LogP contribution in [0.25, 0.3) is 0 Å². The minimum absolute atomic E-state index is 0.612. The first-order valence-electron chi connectivity index (χ1n) is 5.26. The van der Waals surface area contributed by atoms with Gasteiger partial charge in [0.1, 0.15) is 5.75 Å². The Hall–Kier alpha value is -1.39. The first-order valence-corrected chi connectivity index (χ1v) is 6.43. The average molecular weight is 328 g/mol. The third kappa shape index (κ3) is 2.89. The molecule has 0 amide bonds. The summed E-state index contributed by atoms with van der Waals surface area (Å²) in [4.78, 5) is 0. The second kappa shape index (κ2) is 5.50. The largest absolute Gasteiger partial charge is 0.497 e. The zero-order valence-corrected chi connectivity index (χ0v) is 12.0. The minimum Gasteiger partial charge on any atom is -0.497 e. The van der Waals surface area contributed by atoms with Gasteiger partial charge in [-0.1, -0.05) is 11.6 Å². The molecule has 0 aliphatic rings. The van der Waals surface area contributed by atoms with Gasteiger partial charge in [-0.25, -0.2) is 0 Å². The van der Waals surface area contributed by atoms with Crippen LogP contribution in [-0.2, 0) is 0 Å². The van der Waals surface area contributed by atoms with Gasteiger partial charge in [-0.05, 0) is 46.3 Å². The molecule has 0 atom stereocenters. The highest BCUT2D eigenvalue weighted by Gasteiger charge is 2.05. The van der Waals surface area contributed by atoms with Crippen LogP contribution in [0.3, 0.4) is 0 Å². The summed E-state index contributed by atoms with van der Waals surface area (Å²) < 4.78 is 6.02. The topological polar surface area (TPSA) is 47.3 Å². The van der Waals surface area contributed by atoms with E-state index < -0.39 is 0 Å². The average Bonchev–Trinajstić information content (AvgIpc) is 2.36. The van der Waals surface area contributed by atoms with E-state index in [1.54, 1.807) is 13.2 Å². The predicted octanol–water partition coefficient (Wildman–Crippen LogP) is 4.44. The molecule has 0 unspecified atom stereocenters. The Labute approximate surface area is 119 Å². The van der Waals surface area contributed by atoms with Gasteiger partial charge in [0.05, 0.1) is 24.2 Å². The third-order valence-electron chi connectivity index (χ3n) is 2.46. The van der Waals surface area contributed by atoms with Gasteiger partial charge in [-0.2, -0.15) is 0 Å². The summed E-state index contributed by atoms with van der Waals surface area (Å²) in [7, 11) is 1.61. The lowest BCUT2D eigenvalue weighted by atomic mass is 10.2. The maximum absolute atomic E-state index is 5.96. The van der Waals surface area contributed by atoms with Crippen molar-refractivity contribution >= 4 is 44.6 Å². The van der Waals surface area contributed by atoms with Crippen molar-refractivity contribution in [3.8, 4) is 5.75 Å². The SMILES string of the molecule is COc1ccc(Nc2cc(Cl)ccc2Br)c(N)c1. The van der Waals surface area contributed by atoms with Gasteiger partial charge >= 0.3 is 0 Å². The van der Waals surface area contributed by atoms with Crippen molar-refractivity contribution in [3.63, 3.8) is 0 Å². The standard InChI is InChI=1S/C13H12BrClN2O/c1-18-9-3-5-12(11(16)7-9)17-13-6-8(15)2-4-10(13)14/h2-7,17H,16H2,1H3. The second-order valence-electron chi connectivity index (χ2n) is 3.70. The molecule has 0 aliphatic heterocycles. The van der Waals surface area contributed by atoms with Gasteiger partial charge in [0.15, 0.2) is 0 Å². The summed E-state index contributed by atoms with van der Waals surface area (Å²) in [5, 5.41) is 3.88. The molecule has 2 aromatic carbocycles. The highest BCUT2D eigenvalue weighted by Crippen LogP contribution is 2.32. The van der Waals surface area contributed by atoms with Gasteiger partial charge in [0.2, 0.25) is 0 Å². The number of rotatable bonds is 3. The number of hydrogen-bond donors (Lipinski definition) is 2. The van der Waals surface area contributed by atoms with E-state index in [2.05, 4.69) is 21.2 Å². The first kappa shape index (κ1) is 13.1. The minimum atomic E-state index is 0.612. The molecule has 0 heterocycles. The summed E-state index contributed by atoms with van der Waals surface area (Å²) in [5.74, 6) is 0.725. The molecule has 5 heteroatoms. The predicted molar refractivity (Wildman–Crippen MR) is 79.8 cm³/mol. The number of hydrogen-bond acceptors (Lipinski definition) is 3. The Morgan fingerprint density at radius 1 is 1.17 bits per heavy atom. The Morgan fingerprint density at radius 3 is 2.61 bits per heavy atom. The molecule has 3 N–H and O–H groups in total. The van der Waals surface area contributed by atoms with E-state index >= 15 is 0 Å². The van der Waals surface area contributed by atoms with Crippen LogP contribution in [0.1, 0.15) is 0 Å². The molecule has 0 aromatic heterocycles. The number of methoxy groups -OCH3 is 1. The quantitative estimate of drug-likeness (QED) is 0.819. The van der Waals surface area contributed by atoms with E-state index in [0.29, 0.717) is 10.7 Å². The molecule has 0 saturated heterocycles. The molecule has 3 nitrogen and oxygen atoms in total. The van der Waals surface area contributed by atoms with Crippen molar-refractivity contribution in [2.24, 2.45) is 0 Å². The lowest BCUT2D eigenvalue weighted by Gasteiger charge is -2.12. The van der Waals surface area contributed by atoms with Gasteiger partial charge in [-0.3, -0.25) is 0 Å². The van der Waals surface area contributed by atoms with E-state index in [4.69, 9.17) is 22.1 Å². The molecule has 2 rings (SSSR count). The molecule has 0 spiro atoms. The molecule has 0 fully saturated rings. The molecular weight excluding hydrogens is 316 g/mol. The number of anilines is 3. The zero-order chi connectivity index (χ0) is 13.1. The summed E-state index contributed by atoms with van der Waals surface area (Å²) in [6.07, 6.45) is 0. The Balaban J connectivity index is 2.31. The molecule has 0 radical (unpaired) electrons. The van der Waals surface area contributed by atoms with Gasteiger partial charge in [0, 0.05) is 15.6 Å². The van der Waals surface area contributed by atoms with Crippen LogP contribution < -0.4 is 15.8 Å². The monoisotopic (exact) mass is 326 g/mol. The van der Waals surface area contributed by atoms with E-state index in [-0.39, 0.29) is 0 Å². The van der Waals surface area contributed by atoms with Crippen molar-refractivity contribution < 1.29 is 4.74 Å². The summed E-state index contributed by atoms with van der Waals surface area (Å²) in [6, 6.07) is 11.0. The van der Waals surface area contributed by atoms with Crippen LogP contribution >= 0.6 is 27.5 Å². The summed E-state index contributed by atoms with van der Waals surface area (Å²) >= 11 is 9.41.